The quantitative estimate of drug-likeness (QED) is 0.843. The zero-order valence-electron chi connectivity index (χ0n) is 9.64. The molecule has 3 N–H and O–H groups in total. The topological polar surface area (TPSA) is 69.3 Å². The Morgan fingerprint density at radius 3 is 2.94 bits per heavy atom. The minimum absolute atomic E-state index is 0.495. The number of amides is 1. The summed E-state index contributed by atoms with van der Waals surface area (Å²) in [7, 11) is 1.34. The number of methoxy groups -OCH3 is 1. The zero-order valence-corrected chi connectivity index (χ0v) is 9.64. The molecule has 1 aromatic heterocycles. The molecule has 0 saturated heterocycles. The summed E-state index contributed by atoms with van der Waals surface area (Å²) >= 11 is 0. The minimum atomic E-state index is -0.495. The second kappa shape index (κ2) is 4.88. The van der Waals surface area contributed by atoms with Gasteiger partial charge in [-0.3, -0.25) is 4.68 Å². The van der Waals surface area contributed by atoms with E-state index in [2.05, 4.69) is 10.2 Å². The third kappa shape index (κ3) is 2.24. The van der Waals surface area contributed by atoms with Crippen molar-refractivity contribution in [2.45, 2.75) is 6.42 Å². The van der Waals surface area contributed by atoms with Crippen LogP contribution in [0, 0.1) is 0 Å². The van der Waals surface area contributed by atoms with Gasteiger partial charge in [0.2, 0.25) is 0 Å². The number of carbonyl (C=O) groups is 1. The fourth-order valence-electron chi connectivity index (χ4n) is 1.84. The number of aromatic nitrogens is 1. The van der Waals surface area contributed by atoms with Crippen molar-refractivity contribution in [2.24, 2.45) is 5.73 Å². The van der Waals surface area contributed by atoms with Gasteiger partial charge >= 0.3 is 6.09 Å². The fraction of sp³-hybridized carbons (Fsp3) is 0.250. The lowest BCUT2D eigenvalue weighted by Crippen LogP contribution is -2.21. The summed E-state index contributed by atoms with van der Waals surface area (Å²) in [5, 5.41) is 1.09. The van der Waals surface area contributed by atoms with Crippen LogP contribution in [0.3, 0.4) is 0 Å². The normalized spacial score (nSPS) is 10.5. The second-order valence-corrected chi connectivity index (χ2v) is 3.68. The molecule has 0 bridgehead atoms. The van der Waals surface area contributed by atoms with Gasteiger partial charge in [-0.1, -0.05) is 18.2 Å². The molecule has 0 fully saturated rings. The van der Waals surface area contributed by atoms with Crippen LogP contribution in [0.25, 0.3) is 10.9 Å². The maximum Gasteiger partial charge on any atom is 0.426 e. The number of nitrogens with zero attached hydrogens (tertiary/aromatic N) is 1. The highest BCUT2D eigenvalue weighted by atomic mass is 16.5. The van der Waals surface area contributed by atoms with Gasteiger partial charge in [-0.2, -0.15) is 0 Å². The summed E-state index contributed by atoms with van der Waals surface area (Å²) in [6, 6.07) is 7.83. The molecule has 0 aliphatic carbocycles. The maximum atomic E-state index is 11.2. The van der Waals surface area contributed by atoms with Crippen molar-refractivity contribution in [3.63, 3.8) is 0 Å². The Kier molecular flexibility index (Phi) is 3.30. The monoisotopic (exact) mass is 233 g/mol. The number of hydrogen-bond donors (Lipinski definition) is 2. The van der Waals surface area contributed by atoms with Crippen LogP contribution >= 0.6 is 0 Å². The molecule has 1 heterocycles. The number of nitrogens with one attached hydrogen (secondary N) is 1. The third-order valence-electron chi connectivity index (χ3n) is 2.61. The van der Waals surface area contributed by atoms with Crippen LogP contribution in [0.4, 0.5) is 4.79 Å². The number of para-hydroxylation sites is 1. The van der Waals surface area contributed by atoms with Gasteiger partial charge in [-0.25, -0.2) is 10.2 Å². The van der Waals surface area contributed by atoms with E-state index in [0.717, 1.165) is 22.9 Å². The summed E-state index contributed by atoms with van der Waals surface area (Å²) < 4.78 is 6.24. The number of ether oxygens (including phenoxy) is 1. The fourth-order valence-corrected chi connectivity index (χ4v) is 1.84. The summed E-state index contributed by atoms with van der Waals surface area (Å²) in [6.07, 6.45) is 2.15. The molecule has 90 valence electrons. The van der Waals surface area contributed by atoms with E-state index in [9.17, 15) is 4.79 Å². The van der Waals surface area contributed by atoms with E-state index >= 15 is 0 Å². The Hall–Kier alpha value is -2.01. The van der Waals surface area contributed by atoms with Crippen LogP contribution in [0.1, 0.15) is 5.56 Å². The molecule has 0 saturated carbocycles. The maximum absolute atomic E-state index is 11.2. The van der Waals surface area contributed by atoms with Gasteiger partial charge in [0.1, 0.15) is 0 Å². The van der Waals surface area contributed by atoms with Crippen molar-refractivity contribution in [2.75, 3.05) is 19.1 Å². The first-order valence-corrected chi connectivity index (χ1v) is 5.40. The molecule has 0 unspecified atom stereocenters. The van der Waals surface area contributed by atoms with Crippen molar-refractivity contribution >= 4 is 17.0 Å². The number of benzene rings is 1. The van der Waals surface area contributed by atoms with Gasteiger partial charge in [0.25, 0.3) is 0 Å². The number of fused-ring (bicyclic) bond motifs is 1. The van der Waals surface area contributed by atoms with Crippen molar-refractivity contribution in [1.82, 2.24) is 4.68 Å². The van der Waals surface area contributed by atoms with Gasteiger partial charge in [-0.15, -0.1) is 0 Å². The van der Waals surface area contributed by atoms with Crippen molar-refractivity contribution in [1.29, 1.82) is 0 Å². The van der Waals surface area contributed by atoms with Crippen LogP contribution in [-0.4, -0.2) is 24.4 Å². The van der Waals surface area contributed by atoms with E-state index in [1.807, 2.05) is 30.5 Å². The Morgan fingerprint density at radius 2 is 2.24 bits per heavy atom. The third-order valence-corrected chi connectivity index (χ3v) is 2.61. The second-order valence-electron chi connectivity index (χ2n) is 3.68. The van der Waals surface area contributed by atoms with Crippen molar-refractivity contribution < 1.29 is 9.53 Å². The number of carbonyl (C=O) groups excluding carboxylic acids is 1. The van der Waals surface area contributed by atoms with Crippen LogP contribution in [0.15, 0.2) is 30.5 Å². The average molecular weight is 233 g/mol. The van der Waals surface area contributed by atoms with Crippen LogP contribution in [-0.2, 0) is 11.2 Å². The molecule has 0 atom stereocenters. The van der Waals surface area contributed by atoms with E-state index in [1.165, 1.54) is 7.11 Å². The molecule has 2 aromatic rings. The molecule has 0 aliphatic rings. The predicted octanol–water partition coefficient (Wildman–Crippen LogP) is 1.45. The smallest absolute Gasteiger partial charge is 0.426 e. The van der Waals surface area contributed by atoms with E-state index in [-0.39, 0.29) is 0 Å². The zero-order chi connectivity index (χ0) is 12.3. The molecular weight excluding hydrogens is 218 g/mol. The molecular formula is C12H15N3O2. The summed E-state index contributed by atoms with van der Waals surface area (Å²) in [5.41, 5.74) is 10.2. The van der Waals surface area contributed by atoms with Gasteiger partial charge in [-0.05, 0) is 24.6 Å². The summed E-state index contributed by atoms with van der Waals surface area (Å²) in [4.78, 5) is 11.2. The minimum Gasteiger partial charge on any atom is -0.452 e. The first-order valence-electron chi connectivity index (χ1n) is 5.40. The van der Waals surface area contributed by atoms with Crippen LogP contribution < -0.4 is 11.2 Å². The van der Waals surface area contributed by atoms with Crippen molar-refractivity contribution in [3.8, 4) is 0 Å². The van der Waals surface area contributed by atoms with E-state index in [4.69, 9.17) is 5.73 Å². The Balaban J connectivity index is 2.44. The van der Waals surface area contributed by atoms with E-state index < -0.39 is 6.09 Å². The largest absolute Gasteiger partial charge is 0.452 e. The van der Waals surface area contributed by atoms with Gasteiger partial charge in [0.15, 0.2) is 0 Å². The van der Waals surface area contributed by atoms with E-state index in [0.29, 0.717) is 6.54 Å². The molecule has 1 aromatic carbocycles. The molecule has 2 rings (SSSR count). The predicted molar refractivity (Wildman–Crippen MR) is 66.5 cm³/mol. The van der Waals surface area contributed by atoms with Crippen LogP contribution in [0.2, 0.25) is 0 Å². The molecule has 0 radical (unpaired) electrons. The standard InChI is InChI=1S/C12H15N3O2/c1-17-12(16)14-15-8-9(6-7-13)10-4-2-3-5-11(10)15/h2-5,8H,6-7,13H2,1H3,(H,14,16). The van der Waals surface area contributed by atoms with Gasteiger partial charge in [0, 0.05) is 11.6 Å². The van der Waals surface area contributed by atoms with Gasteiger partial charge in [0.05, 0.1) is 12.6 Å². The molecule has 0 aliphatic heterocycles. The number of hydrogen-bond acceptors (Lipinski definition) is 3. The molecule has 5 nitrogen and oxygen atoms in total. The summed E-state index contributed by atoms with van der Waals surface area (Å²) in [5.74, 6) is 0. The average Bonchev–Trinajstić information content (AvgIpc) is 2.69. The van der Waals surface area contributed by atoms with E-state index in [1.54, 1.807) is 4.68 Å². The first-order chi connectivity index (χ1) is 8.26. The lowest BCUT2D eigenvalue weighted by Gasteiger charge is -2.05. The Morgan fingerprint density at radius 1 is 1.47 bits per heavy atom. The highest BCUT2D eigenvalue weighted by molar-refractivity contribution is 5.87. The molecule has 5 heteroatoms. The Labute approximate surface area is 99.1 Å². The van der Waals surface area contributed by atoms with Gasteiger partial charge < -0.3 is 10.5 Å². The Bertz CT molecular complexity index is 534. The lowest BCUT2D eigenvalue weighted by atomic mass is 10.1. The number of nitrogens with two attached hydrogens (primary N) is 1. The summed E-state index contributed by atoms with van der Waals surface area (Å²) in [6.45, 7) is 0.576. The number of rotatable bonds is 3. The highest BCUT2D eigenvalue weighted by Gasteiger charge is 2.09. The van der Waals surface area contributed by atoms with Crippen LogP contribution in [0.5, 0.6) is 0 Å². The molecule has 17 heavy (non-hydrogen) atoms. The lowest BCUT2D eigenvalue weighted by molar-refractivity contribution is 0.183. The SMILES string of the molecule is COC(=O)Nn1cc(CCN)c2ccccc21. The molecule has 0 spiro atoms. The highest BCUT2D eigenvalue weighted by Crippen LogP contribution is 2.20. The first kappa shape index (κ1) is 11.5. The van der Waals surface area contributed by atoms with Crippen molar-refractivity contribution in [3.05, 3.63) is 36.0 Å². The molecule has 1 amide bonds.